The van der Waals surface area contributed by atoms with Gasteiger partial charge in [-0.3, -0.25) is 4.79 Å². The molecule has 0 saturated carbocycles. The van der Waals surface area contributed by atoms with Crippen molar-refractivity contribution in [2.75, 3.05) is 18.4 Å². The molecule has 0 aliphatic heterocycles. The second kappa shape index (κ2) is 10.1. The zero-order chi connectivity index (χ0) is 23.4. The Morgan fingerprint density at radius 2 is 1.77 bits per heavy atom. The Bertz CT molecular complexity index is 1110. The van der Waals surface area contributed by atoms with E-state index in [2.05, 4.69) is 10.0 Å². The number of nitrogens with one attached hydrogen (secondary N) is 2. The maximum absolute atomic E-state index is 12.9. The van der Waals surface area contributed by atoms with Gasteiger partial charge in [-0.2, -0.15) is 9.03 Å². The molecule has 172 valence electrons. The van der Waals surface area contributed by atoms with E-state index in [-0.39, 0.29) is 33.6 Å². The van der Waals surface area contributed by atoms with Gasteiger partial charge in [0, 0.05) is 13.1 Å². The number of nitrogens with zero attached hydrogens (tertiary/aromatic N) is 1. The summed E-state index contributed by atoms with van der Waals surface area (Å²) in [5, 5.41) is 14.2. The quantitative estimate of drug-likeness (QED) is 0.439. The number of hydrogen-bond donors (Lipinski definition) is 3. The lowest BCUT2D eigenvalue weighted by Gasteiger charge is -2.22. The highest BCUT2D eigenvalue weighted by Gasteiger charge is 2.30. The van der Waals surface area contributed by atoms with Crippen LogP contribution in [-0.2, 0) is 24.8 Å². The summed E-state index contributed by atoms with van der Waals surface area (Å²) >= 11 is 1.02. The van der Waals surface area contributed by atoms with Crippen LogP contribution in [0.5, 0.6) is 5.75 Å². The molecule has 0 fully saturated rings. The van der Waals surface area contributed by atoms with Gasteiger partial charge in [-0.15, -0.1) is 11.3 Å². The first-order chi connectivity index (χ1) is 14.4. The van der Waals surface area contributed by atoms with Gasteiger partial charge >= 0.3 is 0 Å². The first-order valence-electron chi connectivity index (χ1n) is 9.63. The fourth-order valence-electron chi connectivity index (χ4n) is 2.83. The summed E-state index contributed by atoms with van der Waals surface area (Å²) in [6.07, 6.45) is 0. The average molecular weight is 490 g/mol. The van der Waals surface area contributed by atoms with Crippen molar-refractivity contribution in [2.24, 2.45) is 5.92 Å². The number of hydrogen-bond acceptors (Lipinski definition) is 7. The molecule has 0 bridgehead atoms. The maximum atomic E-state index is 12.9. The minimum atomic E-state index is -3.92. The summed E-state index contributed by atoms with van der Waals surface area (Å²) in [6.45, 7) is 7.28. The minimum Gasteiger partial charge on any atom is -0.506 e. The molecule has 9 nitrogen and oxygen atoms in total. The van der Waals surface area contributed by atoms with Crippen molar-refractivity contribution in [1.29, 1.82) is 0 Å². The Hall–Kier alpha value is -1.99. The summed E-state index contributed by atoms with van der Waals surface area (Å²) < 4.78 is 54.3. The van der Waals surface area contributed by atoms with Gasteiger partial charge in [0.05, 0.1) is 10.6 Å². The van der Waals surface area contributed by atoms with Crippen LogP contribution in [0.3, 0.4) is 0 Å². The van der Waals surface area contributed by atoms with Crippen molar-refractivity contribution >= 4 is 43.0 Å². The Kier molecular flexibility index (Phi) is 8.22. The first-order valence-corrected chi connectivity index (χ1v) is 13.4. The monoisotopic (exact) mass is 489 g/mol. The third-order valence-electron chi connectivity index (χ3n) is 4.56. The Labute approximate surface area is 187 Å². The standard InChI is InChI=1S/C19H27N3O6S3/c1-5-22(6-2)31(27,28)14-9-10-16(23)15(12-14)20-19(24)18(13(3)4)21-30(25,26)17-8-7-11-29-17/h7-13,18,21,23H,5-6H2,1-4H3,(H,20,24). The van der Waals surface area contributed by atoms with Gasteiger partial charge in [-0.1, -0.05) is 33.8 Å². The highest BCUT2D eigenvalue weighted by Crippen LogP contribution is 2.28. The van der Waals surface area contributed by atoms with E-state index >= 15 is 0 Å². The van der Waals surface area contributed by atoms with Crippen LogP contribution in [0.2, 0.25) is 0 Å². The van der Waals surface area contributed by atoms with Crippen LogP contribution >= 0.6 is 11.3 Å². The van der Waals surface area contributed by atoms with Crippen molar-refractivity contribution in [2.45, 2.75) is 42.8 Å². The van der Waals surface area contributed by atoms with Crippen LogP contribution in [-0.4, -0.2) is 51.3 Å². The normalized spacial score (nSPS) is 13.5. The van der Waals surface area contributed by atoms with Gasteiger partial charge < -0.3 is 10.4 Å². The van der Waals surface area contributed by atoms with E-state index in [1.54, 1.807) is 39.1 Å². The largest absolute Gasteiger partial charge is 0.506 e. The number of carbonyl (C=O) groups is 1. The molecule has 1 amide bonds. The van der Waals surface area contributed by atoms with E-state index in [4.69, 9.17) is 0 Å². The van der Waals surface area contributed by atoms with Crippen LogP contribution in [0.4, 0.5) is 5.69 Å². The first kappa shape index (κ1) is 25.3. The fraction of sp³-hybridized carbons (Fsp3) is 0.421. The molecular weight excluding hydrogens is 462 g/mol. The van der Waals surface area contributed by atoms with Crippen molar-refractivity contribution in [3.63, 3.8) is 0 Å². The smallest absolute Gasteiger partial charge is 0.250 e. The third-order valence-corrected chi connectivity index (χ3v) is 9.44. The van der Waals surface area contributed by atoms with E-state index in [1.165, 1.54) is 22.5 Å². The van der Waals surface area contributed by atoms with E-state index in [0.29, 0.717) is 0 Å². The zero-order valence-corrected chi connectivity index (χ0v) is 20.1. The van der Waals surface area contributed by atoms with Gasteiger partial charge in [0.25, 0.3) is 10.0 Å². The molecule has 0 aliphatic carbocycles. The number of phenols is 1. The molecule has 2 aromatic rings. The Morgan fingerprint density at radius 3 is 2.29 bits per heavy atom. The molecule has 0 saturated heterocycles. The average Bonchev–Trinajstić information content (AvgIpc) is 3.24. The molecule has 1 atom stereocenters. The van der Waals surface area contributed by atoms with Crippen molar-refractivity contribution in [3.8, 4) is 5.75 Å². The number of amides is 1. The van der Waals surface area contributed by atoms with Gasteiger partial charge in [0.1, 0.15) is 16.0 Å². The van der Waals surface area contributed by atoms with E-state index in [9.17, 15) is 26.7 Å². The molecule has 0 aliphatic rings. The molecule has 1 heterocycles. The number of anilines is 1. The number of rotatable bonds is 10. The van der Waals surface area contributed by atoms with E-state index < -0.39 is 37.9 Å². The summed E-state index contributed by atoms with van der Waals surface area (Å²) in [4.78, 5) is 12.8. The van der Waals surface area contributed by atoms with Crippen molar-refractivity contribution in [3.05, 3.63) is 35.7 Å². The van der Waals surface area contributed by atoms with Crippen LogP contribution < -0.4 is 10.0 Å². The summed E-state index contributed by atoms with van der Waals surface area (Å²) in [6, 6.07) is 5.45. The lowest BCUT2D eigenvalue weighted by Crippen LogP contribution is -2.46. The summed E-state index contributed by atoms with van der Waals surface area (Å²) in [5.41, 5.74) is -0.126. The Morgan fingerprint density at radius 1 is 1.13 bits per heavy atom. The summed E-state index contributed by atoms with van der Waals surface area (Å²) in [7, 11) is -7.73. The summed E-state index contributed by atoms with van der Waals surface area (Å²) in [5.74, 6) is -1.47. The van der Waals surface area contributed by atoms with Crippen LogP contribution in [0.25, 0.3) is 0 Å². The minimum absolute atomic E-state index is 0.0705. The number of phenolic OH excluding ortho intramolecular Hbond substituents is 1. The second-order valence-corrected chi connectivity index (χ2v) is 11.9. The molecular formula is C19H27N3O6S3. The van der Waals surface area contributed by atoms with Gasteiger partial charge in [0.15, 0.2) is 0 Å². The fourth-order valence-corrected chi connectivity index (χ4v) is 6.67. The molecule has 0 spiro atoms. The van der Waals surface area contributed by atoms with Crippen LogP contribution in [0.15, 0.2) is 44.8 Å². The number of thiophene rings is 1. The number of carbonyl (C=O) groups excluding carboxylic acids is 1. The Balaban J connectivity index is 2.32. The van der Waals surface area contributed by atoms with E-state index in [1.807, 2.05) is 0 Å². The van der Waals surface area contributed by atoms with Crippen LogP contribution in [0, 0.1) is 5.92 Å². The molecule has 2 rings (SSSR count). The van der Waals surface area contributed by atoms with Gasteiger partial charge in [-0.25, -0.2) is 16.8 Å². The van der Waals surface area contributed by atoms with Gasteiger partial charge in [0.2, 0.25) is 15.9 Å². The third kappa shape index (κ3) is 5.83. The van der Waals surface area contributed by atoms with Crippen molar-refractivity contribution < 1.29 is 26.7 Å². The van der Waals surface area contributed by atoms with Crippen LogP contribution in [0.1, 0.15) is 27.7 Å². The van der Waals surface area contributed by atoms with Gasteiger partial charge in [-0.05, 0) is 35.6 Å². The number of aromatic hydroxyl groups is 1. The molecule has 1 aromatic heterocycles. The number of sulfonamides is 2. The number of benzene rings is 1. The van der Waals surface area contributed by atoms with E-state index in [0.717, 1.165) is 17.4 Å². The molecule has 1 aromatic carbocycles. The zero-order valence-electron chi connectivity index (χ0n) is 17.7. The molecule has 12 heteroatoms. The SMILES string of the molecule is CCN(CC)S(=O)(=O)c1ccc(O)c(NC(=O)C(NS(=O)(=O)c2cccs2)C(C)C)c1. The highest BCUT2D eigenvalue weighted by atomic mass is 32.2. The lowest BCUT2D eigenvalue weighted by molar-refractivity contribution is -0.118. The highest BCUT2D eigenvalue weighted by molar-refractivity contribution is 7.91. The molecule has 31 heavy (non-hydrogen) atoms. The molecule has 3 N–H and O–H groups in total. The predicted octanol–water partition coefficient (Wildman–Crippen LogP) is 2.43. The topological polar surface area (TPSA) is 133 Å². The van der Waals surface area contributed by atoms with Crippen molar-refractivity contribution in [1.82, 2.24) is 9.03 Å². The lowest BCUT2D eigenvalue weighted by atomic mass is 10.0. The molecule has 1 unspecified atom stereocenters. The predicted molar refractivity (Wildman–Crippen MR) is 120 cm³/mol. The maximum Gasteiger partial charge on any atom is 0.250 e. The second-order valence-electron chi connectivity index (χ2n) is 7.03. The molecule has 0 radical (unpaired) electrons.